The molecule has 1 aromatic carbocycles. The van der Waals surface area contributed by atoms with Gasteiger partial charge in [-0.05, 0) is 5.56 Å². The van der Waals surface area contributed by atoms with Gasteiger partial charge in [-0.15, -0.1) is 0 Å². The topological polar surface area (TPSA) is 57.5 Å². The fraction of sp³-hybridized carbons (Fsp3) is 0.300. The molecule has 0 unspecified atom stereocenters. The summed E-state index contributed by atoms with van der Waals surface area (Å²) in [7, 11) is 0. The number of carbonyl (C=O) groups is 1. The lowest BCUT2D eigenvalue weighted by Crippen LogP contribution is -2.38. The summed E-state index contributed by atoms with van der Waals surface area (Å²) in [6.07, 6.45) is -0.0663. The minimum atomic E-state index is -2.23. The van der Waals surface area contributed by atoms with Crippen molar-refractivity contribution >= 4 is 5.78 Å². The van der Waals surface area contributed by atoms with E-state index >= 15 is 0 Å². The third-order valence-corrected chi connectivity index (χ3v) is 1.86. The number of rotatable bonds is 3. The third-order valence-electron chi connectivity index (χ3n) is 1.86. The molecule has 0 radical (unpaired) electrons. The molecule has 1 rings (SSSR count). The first kappa shape index (κ1) is 9.89. The lowest BCUT2D eigenvalue weighted by Gasteiger charge is -2.17. The van der Waals surface area contributed by atoms with E-state index in [1.165, 1.54) is 0 Å². The fourth-order valence-electron chi connectivity index (χ4n) is 1.00. The monoisotopic (exact) mass is 180 g/mol. The molecule has 0 bridgehead atoms. The van der Waals surface area contributed by atoms with E-state index in [0.717, 1.165) is 12.5 Å². The minimum Gasteiger partial charge on any atom is -0.359 e. The Hall–Kier alpha value is -1.19. The highest BCUT2D eigenvalue weighted by Crippen LogP contribution is 2.11. The van der Waals surface area contributed by atoms with Gasteiger partial charge in [-0.25, -0.2) is 0 Å². The second-order valence-corrected chi connectivity index (χ2v) is 3.04. The van der Waals surface area contributed by atoms with Crippen molar-refractivity contribution in [2.45, 2.75) is 19.1 Å². The summed E-state index contributed by atoms with van der Waals surface area (Å²) >= 11 is 0. The molecule has 0 aromatic heterocycles. The van der Waals surface area contributed by atoms with Crippen molar-refractivity contribution in [3.8, 4) is 0 Å². The Labute approximate surface area is 76.6 Å². The molecule has 0 saturated heterocycles. The predicted molar refractivity (Wildman–Crippen MR) is 48.0 cm³/mol. The molecule has 2 N–H and O–H groups in total. The van der Waals surface area contributed by atoms with Crippen LogP contribution in [0.5, 0.6) is 0 Å². The maximum atomic E-state index is 10.8. The summed E-state index contributed by atoms with van der Waals surface area (Å²) in [5.41, 5.74) is 0.725. The van der Waals surface area contributed by atoms with E-state index < -0.39 is 11.6 Å². The summed E-state index contributed by atoms with van der Waals surface area (Å²) < 4.78 is 0. The number of aliphatic hydroxyl groups is 2. The number of carbonyl (C=O) groups excluding carboxylic acids is 1. The van der Waals surface area contributed by atoms with Gasteiger partial charge in [-0.1, -0.05) is 30.3 Å². The minimum absolute atomic E-state index is 0.0663. The van der Waals surface area contributed by atoms with Crippen molar-refractivity contribution in [2.24, 2.45) is 0 Å². The van der Waals surface area contributed by atoms with Gasteiger partial charge < -0.3 is 10.2 Å². The maximum absolute atomic E-state index is 10.8. The van der Waals surface area contributed by atoms with Gasteiger partial charge in [0.15, 0.2) is 5.78 Å². The zero-order valence-electron chi connectivity index (χ0n) is 7.40. The van der Waals surface area contributed by atoms with E-state index in [-0.39, 0.29) is 6.42 Å². The van der Waals surface area contributed by atoms with Gasteiger partial charge in [0.05, 0.1) is 0 Å². The SMILES string of the molecule is CC(=O)C(O)(O)Cc1ccccc1. The summed E-state index contributed by atoms with van der Waals surface area (Å²) in [5.74, 6) is -2.88. The first-order valence-electron chi connectivity index (χ1n) is 4.02. The maximum Gasteiger partial charge on any atom is 0.227 e. The van der Waals surface area contributed by atoms with Crippen LogP contribution in [0.15, 0.2) is 30.3 Å². The largest absolute Gasteiger partial charge is 0.359 e. The molecular formula is C10H12O3. The Bertz CT molecular complexity index is 290. The van der Waals surface area contributed by atoms with E-state index in [1.807, 2.05) is 6.07 Å². The summed E-state index contributed by atoms with van der Waals surface area (Å²) in [4.78, 5) is 10.8. The van der Waals surface area contributed by atoms with Crippen molar-refractivity contribution in [3.05, 3.63) is 35.9 Å². The van der Waals surface area contributed by atoms with Crippen LogP contribution in [0.1, 0.15) is 12.5 Å². The van der Waals surface area contributed by atoms with E-state index in [2.05, 4.69) is 0 Å². The Kier molecular flexibility index (Phi) is 2.80. The highest BCUT2D eigenvalue weighted by Gasteiger charge is 2.29. The van der Waals surface area contributed by atoms with Crippen LogP contribution in [-0.4, -0.2) is 21.8 Å². The molecule has 0 atom stereocenters. The van der Waals surface area contributed by atoms with Gasteiger partial charge in [0.1, 0.15) is 0 Å². The van der Waals surface area contributed by atoms with Crippen LogP contribution in [0.25, 0.3) is 0 Å². The first-order chi connectivity index (χ1) is 6.02. The van der Waals surface area contributed by atoms with Crippen molar-refractivity contribution in [1.29, 1.82) is 0 Å². The van der Waals surface area contributed by atoms with Gasteiger partial charge in [0.25, 0.3) is 0 Å². The Morgan fingerprint density at radius 2 is 1.85 bits per heavy atom. The van der Waals surface area contributed by atoms with Gasteiger partial charge >= 0.3 is 0 Å². The molecule has 0 amide bonds. The predicted octanol–water partition coefficient (Wildman–Crippen LogP) is 0.499. The van der Waals surface area contributed by atoms with Gasteiger partial charge in [0, 0.05) is 13.3 Å². The molecule has 0 aliphatic carbocycles. The van der Waals surface area contributed by atoms with E-state index in [0.29, 0.717) is 0 Å². The normalized spacial score (nSPS) is 11.3. The molecule has 0 saturated carbocycles. The molecule has 0 aliphatic rings. The van der Waals surface area contributed by atoms with Gasteiger partial charge in [-0.3, -0.25) is 4.79 Å². The summed E-state index contributed by atoms with van der Waals surface area (Å²) in [5, 5.41) is 18.5. The Morgan fingerprint density at radius 3 is 2.31 bits per heavy atom. The Morgan fingerprint density at radius 1 is 1.31 bits per heavy atom. The van der Waals surface area contributed by atoms with Gasteiger partial charge in [0.2, 0.25) is 5.79 Å². The number of ketones is 1. The second kappa shape index (κ2) is 3.68. The van der Waals surface area contributed by atoms with Crippen LogP contribution >= 0.6 is 0 Å². The average Bonchev–Trinajstić information content (AvgIpc) is 2.05. The van der Waals surface area contributed by atoms with Crippen molar-refractivity contribution in [3.63, 3.8) is 0 Å². The number of Topliss-reactive ketones (excluding diaryl/α,β-unsaturated/α-hetero) is 1. The van der Waals surface area contributed by atoms with Crippen LogP contribution in [0.3, 0.4) is 0 Å². The number of benzene rings is 1. The lowest BCUT2D eigenvalue weighted by molar-refractivity contribution is -0.179. The molecule has 0 heterocycles. The fourth-order valence-corrected chi connectivity index (χ4v) is 1.00. The van der Waals surface area contributed by atoms with Crippen molar-refractivity contribution < 1.29 is 15.0 Å². The lowest BCUT2D eigenvalue weighted by atomic mass is 10.0. The second-order valence-electron chi connectivity index (χ2n) is 3.04. The molecule has 0 aliphatic heterocycles. The smallest absolute Gasteiger partial charge is 0.227 e. The van der Waals surface area contributed by atoms with Crippen LogP contribution in [0.4, 0.5) is 0 Å². The number of hydrogen-bond acceptors (Lipinski definition) is 3. The highest BCUT2D eigenvalue weighted by atomic mass is 16.5. The first-order valence-corrected chi connectivity index (χ1v) is 4.02. The summed E-state index contributed by atoms with van der Waals surface area (Å²) in [6, 6.07) is 8.87. The quantitative estimate of drug-likeness (QED) is 0.666. The Balaban J connectivity index is 2.75. The molecule has 1 aromatic rings. The van der Waals surface area contributed by atoms with Crippen LogP contribution in [-0.2, 0) is 11.2 Å². The van der Waals surface area contributed by atoms with Crippen LogP contribution in [0, 0.1) is 0 Å². The van der Waals surface area contributed by atoms with Crippen LogP contribution in [0.2, 0.25) is 0 Å². The van der Waals surface area contributed by atoms with E-state index in [1.54, 1.807) is 24.3 Å². The standard InChI is InChI=1S/C10H12O3/c1-8(11)10(12,13)7-9-5-3-2-4-6-9/h2-6,12-13H,7H2,1H3. The molecule has 3 heteroatoms. The molecular weight excluding hydrogens is 168 g/mol. The highest BCUT2D eigenvalue weighted by molar-refractivity contribution is 5.83. The summed E-state index contributed by atoms with van der Waals surface area (Å²) in [6.45, 7) is 1.16. The molecule has 0 fully saturated rings. The third kappa shape index (κ3) is 2.65. The van der Waals surface area contributed by atoms with Crippen LogP contribution < -0.4 is 0 Å². The molecule has 70 valence electrons. The zero-order valence-corrected chi connectivity index (χ0v) is 7.40. The average molecular weight is 180 g/mol. The molecule has 13 heavy (non-hydrogen) atoms. The molecule has 3 nitrogen and oxygen atoms in total. The molecule has 0 spiro atoms. The zero-order chi connectivity index (χ0) is 9.90. The number of hydrogen-bond donors (Lipinski definition) is 2. The van der Waals surface area contributed by atoms with Crippen molar-refractivity contribution in [2.75, 3.05) is 0 Å². The van der Waals surface area contributed by atoms with E-state index in [4.69, 9.17) is 0 Å². The van der Waals surface area contributed by atoms with E-state index in [9.17, 15) is 15.0 Å². The van der Waals surface area contributed by atoms with Crippen molar-refractivity contribution in [1.82, 2.24) is 0 Å². The van der Waals surface area contributed by atoms with Gasteiger partial charge in [-0.2, -0.15) is 0 Å².